The summed E-state index contributed by atoms with van der Waals surface area (Å²) in [6, 6.07) is 9.26. The van der Waals surface area contributed by atoms with E-state index in [0.717, 1.165) is 4.47 Å². The predicted octanol–water partition coefficient (Wildman–Crippen LogP) is 3.18. The molecule has 0 heterocycles. The Hall–Kier alpha value is -1.14. The summed E-state index contributed by atoms with van der Waals surface area (Å²) in [6.45, 7) is 1.77. The number of halogens is 1. The van der Waals surface area contributed by atoms with Crippen molar-refractivity contribution in [2.75, 3.05) is 0 Å². The Balaban J connectivity index is 2.91. The molecule has 0 spiro atoms. The van der Waals surface area contributed by atoms with E-state index in [1.807, 2.05) is 24.3 Å². The fraction of sp³-hybridized carbons (Fsp3) is 0.273. The molecule has 14 heavy (non-hydrogen) atoms. The van der Waals surface area contributed by atoms with E-state index < -0.39 is 0 Å². The van der Waals surface area contributed by atoms with E-state index in [4.69, 9.17) is 5.26 Å². The number of nitrogens with zero attached hydrogens (tertiary/aromatic N) is 1. The summed E-state index contributed by atoms with van der Waals surface area (Å²) in [5.74, 6) is -0.224. The van der Waals surface area contributed by atoms with Crippen molar-refractivity contribution in [3.63, 3.8) is 0 Å². The van der Waals surface area contributed by atoms with E-state index in [0.29, 0.717) is 5.56 Å². The molecule has 3 heteroatoms. The van der Waals surface area contributed by atoms with Crippen LogP contribution in [0.1, 0.15) is 23.7 Å². The van der Waals surface area contributed by atoms with Gasteiger partial charge in [-0.3, -0.25) is 4.79 Å². The molecule has 2 nitrogen and oxygen atoms in total. The van der Waals surface area contributed by atoms with Gasteiger partial charge in [0.25, 0.3) is 0 Å². The summed E-state index contributed by atoms with van der Waals surface area (Å²) >= 11 is 3.31. The average Bonchev–Trinajstić information content (AvgIpc) is 2.18. The maximum Gasteiger partial charge on any atom is 0.167 e. The standard InChI is InChI=1S/C11H10BrNO/c1-8(6-7-13)11(14)9-4-2-3-5-10(9)12/h2-5,8H,6H2,1H3. The number of carbonyl (C=O) groups excluding carboxylic acids is 1. The molecule has 1 aromatic rings. The van der Waals surface area contributed by atoms with Crippen LogP contribution < -0.4 is 0 Å². The van der Waals surface area contributed by atoms with Crippen molar-refractivity contribution in [1.82, 2.24) is 0 Å². The number of rotatable bonds is 3. The minimum atomic E-state index is -0.237. The molecule has 0 aromatic heterocycles. The lowest BCUT2D eigenvalue weighted by atomic mass is 9.97. The molecule has 0 radical (unpaired) electrons. The highest BCUT2D eigenvalue weighted by molar-refractivity contribution is 9.10. The highest BCUT2D eigenvalue weighted by Crippen LogP contribution is 2.20. The van der Waals surface area contributed by atoms with Crippen molar-refractivity contribution in [3.8, 4) is 6.07 Å². The molecule has 0 aliphatic carbocycles. The van der Waals surface area contributed by atoms with Crippen LogP contribution in [0, 0.1) is 17.2 Å². The molecular formula is C11H10BrNO. The van der Waals surface area contributed by atoms with E-state index >= 15 is 0 Å². The number of carbonyl (C=O) groups is 1. The molecule has 0 fully saturated rings. The summed E-state index contributed by atoms with van der Waals surface area (Å²) in [7, 11) is 0. The van der Waals surface area contributed by atoms with Crippen LogP contribution >= 0.6 is 15.9 Å². The van der Waals surface area contributed by atoms with E-state index in [1.165, 1.54) is 0 Å². The summed E-state index contributed by atoms with van der Waals surface area (Å²) in [5.41, 5.74) is 0.648. The molecule has 0 saturated heterocycles. The van der Waals surface area contributed by atoms with Crippen molar-refractivity contribution < 1.29 is 4.79 Å². The van der Waals surface area contributed by atoms with Gasteiger partial charge in [0.05, 0.1) is 6.07 Å². The molecule has 0 amide bonds. The number of ketones is 1. The summed E-state index contributed by atoms with van der Waals surface area (Å²) in [4.78, 5) is 11.8. The van der Waals surface area contributed by atoms with Gasteiger partial charge in [-0.2, -0.15) is 5.26 Å². The summed E-state index contributed by atoms with van der Waals surface area (Å²) in [6.07, 6.45) is 0.264. The van der Waals surface area contributed by atoms with E-state index in [2.05, 4.69) is 15.9 Å². The topological polar surface area (TPSA) is 40.9 Å². The van der Waals surface area contributed by atoms with Gasteiger partial charge < -0.3 is 0 Å². The quantitative estimate of drug-likeness (QED) is 0.775. The lowest BCUT2D eigenvalue weighted by Crippen LogP contribution is -2.11. The van der Waals surface area contributed by atoms with Gasteiger partial charge in [0, 0.05) is 22.4 Å². The third kappa shape index (κ3) is 2.43. The molecule has 0 aliphatic heterocycles. The molecule has 1 aromatic carbocycles. The molecule has 1 atom stereocenters. The first-order valence-electron chi connectivity index (χ1n) is 4.32. The largest absolute Gasteiger partial charge is 0.294 e. The second-order valence-corrected chi connectivity index (χ2v) is 3.96. The Labute approximate surface area is 91.7 Å². The highest BCUT2D eigenvalue weighted by Gasteiger charge is 2.16. The zero-order valence-corrected chi connectivity index (χ0v) is 9.41. The smallest absolute Gasteiger partial charge is 0.167 e. The van der Waals surface area contributed by atoms with Crippen molar-refractivity contribution in [2.45, 2.75) is 13.3 Å². The van der Waals surface area contributed by atoms with Gasteiger partial charge in [0.1, 0.15) is 0 Å². The van der Waals surface area contributed by atoms with E-state index in [1.54, 1.807) is 13.0 Å². The van der Waals surface area contributed by atoms with Gasteiger partial charge in [-0.05, 0) is 6.07 Å². The van der Waals surface area contributed by atoms with Crippen molar-refractivity contribution in [1.29, 1.82) is 5.26 Å². The maximum atomic E-state index is 11.8. The van der Waals surface area contributed by atoms with Crippen LogP contribution in [0.15, 0.2) is 28.7 Å². The molecule has 1 unspecified atom stereocenters. The SMILES string of the molecule is CC(CC#N)C(=O)c1ccccc1Br. The molecule has 1 rings (SSSR count). The summed E-state index contributed by atoms with van der Waals surface area (Å²) in [5, 5.41) is 8.49. The minimum absolute atomic E-state index is 0.0130. The van der Waals surface area contributed by atoms with Gasteiger partial charge in [-0.25, -0.2) is 0 Å². The lowest BCUT2D eigenvalue weighted by Gasteiger charge is -2.07. The Bertz CT molecular complexity index is 381. The second kappa shape index (κ2) is 4.92. The number of Topliss-reactive ketones (excluding diaryl/α,β-unsaturated/α-hetero) is 1. The zero-order chi connectivity index (χ0) is 10.6. The Morgan fingerprint density at radius 2 is 2.21 bits per heavy atom. The summed E-state index contributed by atoms with van der Waals surface area (Å²) < 4.78 is 0.787. The van der Waals surface area contributed by atoms with Crippen molar-refractivity contribution in [2.24, 2.45) is 5.92 Å². The van der Waals surface area contributed by atoms with Crippen LogP contribution in [0.25, 0.3) is 0 Å². The van der Waals surface area contributed by atoms with Crippen LogP contribution in [0.5, 0.6) is 0 Å². The Morgan fingerprint density at radius 1 is 1.57 bits per heavy atom. The van der Waals surface area contributed by atoms with Crippen molar-refractivity contribution >= 4 is 21.7 Å². The Morgan fingerprint density at radius 3 is 2.79 bits per heavy atom. The molecular weight excluding hydrogens is 242 g/mol. The fourth-order valence-corrected chi connectivity index (χ4v) is 1.64. The zero-order valence-electron chi connectivity index (χ0n) is 7.83. The number of benzene rings is 1. The predicted molar refractivity (Wildman–Crippen MR) is 57.9 cm³/mol. The van der Waals surface area contributed by atoms with Crippen LogP contribution in [-0.2, 0) is 0 Å². The maximum absolute atomic E-state index is 11.8. The molecule has 0 N–H and O–H groups in total. The minimum Gasteiger partial charge on any atom is -0.294 e. The lowest BCUT2D eigenvalue weighted by molar-refractivity contribution is 0.0931. The van der Waals surface area contributed by atoms with Gasteiger partial charge in [0.2, 0.25) is 0 Å². The molecule has 72 valence electrons. The molecule has 0 aliphatic rings. The Kier molecular flexibility index (Phi) is 3.84. The average molecular weight is 252 g/mol. The molecule has 0 saturated carbocycles. The second-order valence-electron chi connectivity index (χ2n) is 3.11. The first-order chi connectivity index (χ1) is 6.66. The van der Waals surface area contributed by atoms with E-state index in [-0.39, 0.29) is 18.1 Å². The third-order valence-corrected chi connectivity index (χ3v) is 2.68. The fourth-order valence-electron chi connectivity index (χ4n) is 1.16. The van der Waals surface area contributed by atoms with Gasteiger partial charge >= 0.3 is 0 Å². The van der Waals surface area contributed by atoms with Crippen LogP contribution in [0.2, 0.25) is 0 Å². The van der Waals surface area contributed by atoms with Crippen molar-refractivity contribution in [3.05, 3.63) is 34.3 Å². The number of nitriles is 1. The third-order valence-electron chi connectivity index (χ3n) is 1.98. The van der Waals surface area contributed by atoms with Crippen LogP contribution in [0.4, 0.5) is 0 Å². The van der Waals surface area contributed by atoms with Gasteiger partial charge in [-0.1, -0.05) is 41.1 Å². The molecule has 0 bridgehead atoms. The first-order valence-corrected chi connectivity index (χ1v) is 5.11. The van der Waals surface area contributed by atoms with Crippen LogP contribution in [0.3, 0.4) is 0 Å². The highest BCUT2D eigenvalue weighted by atomic mass is 79.9. The van der Waals surface area contributed by atoms with E-state index in [9.17, 15) is 4.79 Å². The van der Waals surface area contributed by atoms with Crippen LogP contribution in [-0.4, -0.2) is 5.78 Å². The van der Waals surface area contributed by atoms with Gasteiger partial charge in [0.15, 0.2) is 5.78 Å². The monoisotopic (exact) mass is 251 g/mol. The number of hydrogen-bond donors (Lipinski definition) is 0. The van der Waals surface area contributed by atoms with Gasteiger partial charge in [-0.15, -0.1) is 0 Å². The first kappa shape index (κ1) is 10.9. The number of hydrogen-bond acceptors (Lipinski definition) is 2. The normalized spacial score (nSPS) is 11.8.